The van der Waals surface area contributed by atoms with Gasteiger partial charge >= 0.3 is 13.2 Å². The van der Waals surface area contributed by atoms with Gasteiger partial charge in [-0.15, -0.1) is 0 Å². The summed E-state index contributed by atoms with van der Waals surface area (Å²) in [6.07, 6.45) is 0.606. The Morgan fingerprint density at radius 1 is 0.897 bits per heavy atom. The first-order valence-corrected chi connectivity index (χ1v) is 12.8. The molecular weight excluding hydrogens is 506 g/mol. The van der Waals surface area contributed by atoms with Crippen LogP contribution < -0.4 is 5.32 Å². The van der Waals surface area contributed by atoms with Gasteiger partial charge in [0.2, 0.25) is 0 Å². The molecule has 39 heavy (non-hydrogen) atoms. The number of carbonyl (C=O) groups excluding carboxylic acids is 1. The van der Waals surface area contributed by atoms with Crippen LogP contribution in [-0.2, 0) is 14.0 Å². The van der Waals surface area contributed by atoms with E-state index < -0.39 is 41.9 Å². The van der Waals surface area contributed by atoms with Crippen LogP contribution in [0.3, 0.4) is 0 Å². The Balaban J connectivity index is 1.33. The van der Waals surface area contributed by atoms with Gasteiger partial charge in [-0.2, -0.15) is 0 Å². The third-order valence-corrected chi connectivity index (χ3v) is 7.74. The summed E-state index contributed by atoms with van der Waals surface area (Å²) in [5.41, 5.74) is 3.07. The van der Waals surface area contributed by atoms with Crippen LogP contribution in [0.15, 0.2) is 66.1 Å². The van der Waals surface area contributed by atoms with Crippen LogP contribution >= 0.6 is 0 Å². The summed E-state index contributed by atoms with van der Waals surface area (Å²) < 4.78 is 59.6. The summed E-state index contributed by atoms with van der Waals surface area (Å²) in [6, 6.07) is 18.0. The lowest BCUT2D eigenvalue weighted by atomic mass is 9.77. The molecule has 3 aromatic carbocycles. The van der Waals surface area contributed by atoms with E-state index in [1.807, 2.05) is 76.2 Å². The van der Waals surface area contributed by atoms with Crippen molar-refractivity contribution in [1.82, 2.24) is 5.32 Å². The maximum absolute atomic E-state index is 14.5. The number of rotatable bonds is 6. The molecule has 1 aliphatic heterocycles. The van der Waals surface area contributed by atoms with E-state index in [2.05, 4.69) is 5.32 Å². The molecule has 0 bridgehead atoms. The van der Waals surface area contributed by atoms with Crippen molar-refractivity contribution in [3.63, 3.8) is 0 Å². The second-order valence-electron chi connectivity index (χ2n) is 10.8. The van der Waals surface area contributed by atoms with Crippen LogP contribution in [0.2, 0.25) is 0 Å². The fourth-order valence-electron chi connectivity index (χ4n) is 4.87. The molecular formula is C30H29BF3NO4. The van der Waals surface area contributed by atoms with Gasteiger partial charge in [-0.1, -0.05) is 54.6 Å². The van der Waals surface area contributed by atoms with Gasteiger partial charge in [0, 0.05) is 18.0 Å². The quantitative estimate of drug-likeness (QED) is 0.284. The Labute approximate surface area is 226 Å². The van der Waals surface area contributed by atoms with Crippen molar-refractivity contribution in [2.75, 3.05) is 13.2 Å². The van der Waals surface area contributed by atoms with Gasteiger partial charge in [-0.05, 0) is 67.6 Å². The molecule has 1 aliphatic carbocycles. The second kappa shape index (κ2) is 10.2. The highest BCUT2D eigenvalue weighted by Crippen LogP contribution is 2.44. The van der Waals surface area contributed by atoms with E-state index in [9.17, 15) is 18.0 Å². The lowest BCUT2D eigenvalue weighted by molar-refractivity contribution is 0.00578. The Hall–Kier alpha value is -3.56. The number of hydrogen-bond donors (Lipinski definition) is 1. The molecule has 1 heterocycles. The van der Waals surface area contributed by atoms with Gasteiger partial charge in [0.1, 0.15) is 6.61 Å². The molecule has 5 rings (SSSR count). The molecule has 9 heteroatoms. The summed E-state index contributed by atoms with van der Waals surface area (Å²) >= 11 is 0. The third kappa shape index (κ3) is 5.08. The highest BCUT2D eigenvalue weighted by molar-refractivity contribution is 6.56. The highest BCUT2D eigenvalue weighted by atomic mass is 19.2. The topological polar surface area (TPSA) is 56.8 Å². The molecule has 0 unspecified atom stereocenters. The molecule has 3 aromatic rings. The average Bonchev–Trinajstić information content (AvgIpc) is 3.34. The van der Waals surface area contributed by atoms with E-state index in [-0.39, 0.29) is 24.6 Å². The first kappa shape index (κ1) is 27.0. The lowest BCUT2D eigenvalue weighted by Crippen LogP contribution is -2.41. The van der Waals surface area contributed by atoms with E-state index in [0.29, 0.717) is 5.47 Å². The molecule has 1 fully saturated rings. The maximum atomic E-state index is 14.5. The van der Waals surface area contributed by atoms with Gasteiger partial charge < -0.3 is 19.4 Å². The number of halogens is 3. The largest absolute Gasteiger partial charge is 0.492 e. The van der Waals surface area contributed by atoms with Crippen molar-refractivity contribution >= 4 is 19.3 Å². The Morgan fingerprint density at radius 3 is 2.05 bits per heavy atom. The number of benzene rings is 3. The molecule has 0 radical (unpaired) electrons. The van der Waals surface area contributed by atoms with Crippen LogP contribution in [0, 0.1) is 17.5 Å². The standard InChI is InChI=1S/C30H29BF3NO4/c1-29(2)30(3,4)39-31(38-29)19(15-18-13-14-25(32)27(34)26(18)33)16-35-28(36)37-17-24-22-11-7-5-9-20(22)21-10-6-8-12-23(21)24/h5-15,24H,16-17H2,1-4H3,(H,35,36). The van der Waals surface area contributed by atoms with Gasteiger partial charge in [0.05, 0.1) is 11.2 Å². The highest BCUT2D eigenvalue weighted by Gasteiger charge is 2.52. The smallest absolute Gasteiger partial charge is 0.449 e. The second-order valence-corrected chi connectivity index (χ2v) is 10.8. The molecule has 1 saturated heterocycles. The van der Waals surface area contributed by atoms with Gasteiger partial charge in [0.15, 0.2) is 17.5 Å². The van der Waals surface area contributed by atoms with Gasteiger partial charge in [-0.3, -0.25) is 0 Å². The summed E-state index contributed by atoms with van der Waals surface area (Å²) in [6.45, 7) is 7.38. The summed E-state index contributed by atoms with van der Waals surface area (Å²) in [5, 5.41) is 2.67. The summed E-state index contributed by atoms with van der Waals surface area (Å²) in [7, 11) is -0.962. The van der Waals surface area contributed by atoms with Crippen molar-refractivity contribution in [2.24, 2.45) is 0 Å². The molecule has 2 aliphatic rings. The molecule has 0 saturated carbocycles. The van der Waals surface area contributed by atoms with E-state index in [1.165, 1.54) is 6.08 Å². The van der Waals surface area contributed by atoms with Crippen LogP contribution in [0.4, 0.5) is 18.0 Å². The number of nitrogens with one attached hydrogen (secondary N) is 1. The minimum atomic E-state index is -1.58. The third-order valence-electron chi connectivity index (χ3n) is 7.74. The van der Waals surface area contributed by atoms with E-state index in [1.54, 1.807) is 0 Å². The van der Waals surface area contributed by atoms with Crippen LogP contribution in [0.5, 0.6) is 0 Å². The van der Waals surface area contributed by atoms with Gasteiger partial charge in [0.25, 0.3) is 0 Å². The van der Waals surface area contributed by atoms with Crippen LogP contribution in [0.1, 0.15) is 50.3 Å². The van der Waals surface area contributed by atoms with Gasteiger partial charge in [-0.25, -0.2) is 18.0 Å². The summed E-state index contributed by atoms with van der Waals surface area (Å²) in [5.74, 6) is -4.33. The summed E-state index contributed by atoms with van der Waals surface area (Å²) in [4.78, 5) is 12.8. The van der Waals surface area contributed by atoms with Crippen molar-refractivity contribution in [3.8, 4) is 11.1 Å². The van der Waals surface area contributed by atoms with Crippen molar-refractivity contribution in [2.45, 2.75) is 44.8 Å². The number of carbonyl (C=O) groups is 1. The van der Waals surface area contributed by atoms with Crippen molar-refractivity contribution in [3.05, 3.63) is 100 Å². The van der Waals surface area contributed by atoms with E-state index in [0.717, 1.165) is 34.4 Å². The monoisotopic (exact) mass is 535 g/mol. The molecule has 5 nitrogen and oxygen atoms in total. The molecule has 1 N–H and O–H groups in total. The zero-order valence-electron chi connectivity index (χ0n) is 22.2. The fraction of sp³-hybridized carbons (Fsp3) is 0.300. The molecule has 0 atom stereocenters. The normalized spacial score (nSPS) is 17.6. The van der Waals surface area contributed by atoms with Crippen molar-refractivity contribution < 1.29 is 32.0 Å². The number of amides is 1. The van der Waals surface area contributed by atoms with E-state index >= 15 is 0 Å². The molecule has 202 valence electrons. The zero-order chi connectivity index (χ0) is 27.9. The Bertz CT molecular complexity index is 1390. The molecule has 1 amide bonds. The van der Waals surface area contributed by atoms with E-state index in [4.69, 9.17) is 14.0 Å². The molecule has 0 aromatic heterocycles. The lowest BCUT2D eigenvalue weighted by Gasteiger charge is -2.32. The first-order chi connectivity index (χ1) is 18.5. The van der Waals surface area contributed by atoms with Crippen LogP contribution in [0.25, 0.3) is 17.2 Å². The van der Waals surface area contributed by atoms with Crippen molar-refractivity contribution in [1.29, 1.82) is 0 Å². The number of alkyl carbamates (subject to hydrolysis) is 1. The zero-order valence-corrected chi connectivity index (χ0v) is 22.2. The van der Waals surface area contributed by atoms with Crippen LogP contribution in [-0.4, -0.2) is 37.6 Å². The first-order valence-electron chi connectivity index (χ1n) is 12.8. The number of hydrogen-bond acceptors (Lipinski definition) is 4. The minimum absolute atomic E-state index is 0.113. The predicted octanol–water partition coefficient (Wildman–Crippen LogP) is 6.66. The number of ether oxygens (including phenoxy) is 1. The Kier molecular flexibility index (Phi) is 7.07. The number of fused-ring (bicyclic) bond motifs is 3. The average molecular weight is 535 g/mol. The maximum Gasteiger partial charge on any atom is 0.492 e. The Morgan fingerprint density at radius 2 is 1.46 bits per heavy atom. The fourth-order valence-corrected chi connectivity index (χ4v) is 4.87. The minimum Gasteiger partial charge on any atom is -0.449 e. The SMILES string of the molecule is CC1(C)OB(C(=Cc2ccc(F)c(F)c2F)CNC(=O)OCC2c3ccccc3-c3ccccc32)OC1(C)C. The molecule has 0 spiro atoms. The predicted molar refractivity (Wildman–Crippen MR) is 143 cm³/mol.